The molecule has 0 aliphatic heterocycles. The van der Waals surface area contributed by atoms with Gasteiger partial charge in [0.05, 0.1) is 0 Å². The average Bonchev–Trinajstić information content (AvgIpc) is 2.86. The van der Waals surface area contributed by atoms with Crippen molar-refractivity contribution in [3.05, 3.63) is 150 Å². The molecule has 0 radical (unpaired) electrons. The Kier molecular flexibility index (Phi) is 5.49. The van der Waals surface area contributed by atoms with Gasteiger partial charge in [-0.05, 0) is 34.4 Å². The molecule has 2 unspecified atom stereocenters. The van der Waals surface area contributed by atoms with Crippen LogP contribution in [-0.4, -0.2) is 0 Å². The summed E-state index contributed by atoms with van der Waals surface area (Å²) >= 11 is 0. The van der Waals surface area contributed by atoms with Crippen molar-refractivity contribution in [2.24, 2.45) is 0 Å². The third kappa shape index (κ3) is 4.36. The van der Waals surface area contributed by atoms with Gasteiger partial charge in [-0.15, -0.1) is 0 Å². The first-order valence-electron chi connectivity index (χ1n) is 10.8. The lowest BCUT2D eigenvalue weighted by Gasteiger charge is -2.26. The highest BCUT2D eigenvalue weighted by molar-refractivity contribution is 5.67. The second-order valence-electron chi connectivity index (χ2n) is 7.90. The van der Waals surface area contributed by atoms with Crippen LogP contribution in [0.1, 0.15) is 23.0 Å². The van der Waals surface area contributed by atoms with Crippen LogP contribution in [0.25, 0.3) is 11.1 Å². The fraction of sp³-hybridized carbons (Fsp3) is 0.0667. The van der Waals surface area contributed by atoms with Crippen LogP contribution in [0.5, 0.6) is 0 Å². The Morgan fingerprint density at radius 2 is 1.03 bits per heavy atom. The van der Waals surface area contributed by atoms with E-state index in [2.05, 4.69) is 139 Å². The van der Waals surface area contributed by atoms with Gasteiger partial charge in [0.1, 0.15) is 0 Å². The van der Waals surface area contributed by atoms with Gasteiger partial charge in [-0.1, -0.05) is 121 Å². The summed E-state index contributed by atoms with van der Waals surface area (Å²) in [5.74, 6) is 0.488. The van der Waals surface area contributed by atoms with E-state index in [9.17, 15) is 0 Å². The zero-order chi connectivity index (χ0) is 20.9. The molecule has 0 saturated heterocycles. The van der Waals surface area contributed by atoms with Gasteiger partial charge in [-0.25, -0.2) is 0 Å². The molecule has 1 N–H and O–H groups in total. The molecule has 0 heterocycles. The van der Waals surface area contributed by atoms with Gasteiger partial charge in [0.15, 0.2) is 0 Å². The highest BCUT2D eigenvalue weighted by Crippen LogP contribution is 2.36. The summed E-state index contributed by atoms with van der Waals surface area (Å²) in [6.45, 7) is 0. The molecule has 1 aliphatic carbocycles. The minimum Gasteiger partial charge on any atom is -0.358 e. The molecular weight excluding hydrogens is 374 g/mol. The summed E-state index contributed by atoms with van der Waals surface area (Å²) in [7, 11) is 0. The zero-order valence-electron chi connectivity index (χ0n) is 17.4. The first-order chi connectivity index (χ1) is 15.4. The van der Waals surface area contributed by atoms with Gasteiger partial charge in [0, 0.05) is 23.2 Å². The lowest BCUT2D eigenvalue weighted by Crippen LogP contribution is -2.14. The largest absolute Gasteiger partial charge is 0.358 e. The van der Waals surface area contributed by atoms with Gasteiger partial charge in [0.25, 0.3) is 0 Å². The van der Waals surface area contributed by atoms with Crippen LogP contribution < -0.4 is 5.32 Å². The molecule has 1 nitrogen and oxygen atoms in total. The van der Waals surface area contributed by atoms with Crippen LogP contribution >= 0.6 is 0 Å². The van der Waals surface area contributed by atoms with Crippen LogP contribution in [0.15, 0.2) is 139 Å². The molecule has 4 aromatic rings. The molecule has 1 aliphatic rings. The summed E-state index contributed by atoms with van der Waals surface area (Å²) in [5, 5.41) is 3.72. The van der Waals surface area contributed by atoms with Gasteiger partial charge >= 0.3 is 0 Å². The van der Waals surface area contributed by atoms with Gasteiger partial charge in [0.2, 0.25) is 0 Å². The number of hydrogen-bond acceptors (Lipinski definition) is 1. The summed E-state index contributed by atoms with van der Waals surface area (Å²) in [4.78, 5) is 0. The first-order valence-corrected chi connectivity index (χ1v) is 10.8. The smallest absolute Gasteiger partial charge is 0.0418 e. The molecule has 1 heteroatoms. The Labute approximate surface area is 184 Å². The van der Waals surface area contributed by atoms with Gasteiger partial charge in [-0.2, -0.15) is 0 Å². The van der Waals surface area contributed by atoms with E-state index in [-0.39, 0.29) is 11.8 Å². The second kappa shape index (κ2) is 8.89. The molecular formula is C30H25N. The number of benzene rings is 4. The van der Waals surface area contributed by atoms with Crippen LogP contribution in [0.3, 0.4) is 0 Å². The molecule has 4 aromatic carbocycles. The molecule has 0 aromatic heterocycles. The highest BCUT2D eigenvalue weighted by atomic mass is 14.9. The first kappa shape index (κ1) is 19.1. The van der Waals surface area contributed by atoms with E-state index < -0.39 is 0 Å². The monoisotopic (exact) mass is 399 g/mol. The second-order valence-corrected chi connectivity index (χ2v) is 7.90. The van der Waals surface area contributed by atoms with E-state index in [1.807, 2.05) is 0 Å². The predicted octanol–water partition coefficient (Wildman–Crippen LogP) is 7.79. The number of anilines is 1. The van der Waals surface area contributed by atoms with Crippen molar-refractivity contribution in [3.63, 3.8) is 0 Å². The number of allylic oxidation sites excluding steroid dienone is 3. The highest BCUT2D eigenvalue weighted by Gasteiger charge is 2.21. The standard InChI is InChI=1S/C30H25N/c1-4-10-23(11-5-1)25-16-19-28(20-17-25)31-30-22-27(24-12-6-2-7-13-24)18-21-29(30)26-14-8-3-9-15-26/h1-22,27,29,31H. The lowest BCUT2D eigenvalue weighted by molar-refractivity contribution is 0.907. The van der Waals surface area contributed by atoms with Crippen LogP contribution in [-0.2, 0) is 0 Å². The molecule has 31 heavy (non-hydrogen) atoms. The van der Waals surface area contributed by atoms with E-state index in [0.29, 0.717) is 0 Å². The maximum Gasteiger partial charge on any atom is 0.0418 e. The van der Waals surface area contributed by atoms with E-state index >= 15 is 0 Å². The van der Waals surface area contributed by atoms with Crippen molar-refractivity contribution in [2.75, 3.05) is 5.32 Å². The summed E-state index contributed by atoms with van der Waals surface area (Å²) in [6.07, 6.45) is 7.00. The fourth-order valence-corrected chi connectivity index (χ4v) is 4.18. The third-order valence-electron chi connectivity index (χ3n) is 5.83. The maximum atomic E-state index is 3.72. The normalized spacial score (nSPS) is 17.7. The predicted molar refractivity (Wildman–Crippen MR) is 131 cm³/mol. The third-order valence-corrected chi connectivity index (χ3v) is 5.83. The van der Waals surface area contributed by atoms with Crippen molar-refractivity contribution in [1.82, 2.24) is 0 Å². The van der Waals surface area contributed by atoms with Crippen LogP contribution in [0.4, 0.5) is 5.69 Å². The number of rotatable bonds is 5. The van der Waals surface area contributed by atoms with Gasteiger partial charge < -0.3 is 5.32 Å². The Morgan fingerprint density at radius 1 is 0.484 bits per heavy atom. The van der Waals surface area contributed by atoms with Crippen molar-refractivity contribution in [1.29, 1.82) is 0 Å². The Bertz CT molecular complexity index is 1170. The summed E-state index contributed by atoms with van der Waals surface area (Å²) in [6, 6.07) is 40.6. The Balaban J connectivity index is 1.45. The van der Waals surface area contributed by atoms with E-state index in [0.717, 1.165) is 5.69 Å². The maximum absolute atomic E-state index is 3.72. The van der Waals surface area contributed by atoms with Crippen LogP contribution in [0.2, 0.25) is 0 Å². The minimum absolute atomic E-state index is 0.218. The van der Waals surface area contributed by atoms with E-state index in [4.69, 9.17) is 0 Å². The van der Waals surface area contributed by atoms with Crippen molar-refractivity contribution >= 4 is 5.69 Å². The molecule has 5 rings (SSSR count). The Hall–Kier alpha value is -3.84. The molecule has 0 fully saturated rings. The average molecular weight is 400 g/mol. The topological polar surface area (TPSA) is 12.0 Å². The summed E-state index contributed by atoms with van der Waals surface area (Å²) < 4.78 is 0. The summed E-state index contributed by atoms with van der Waals surface area (Å²) in [5.41, 5.74) is 7.39. The molecule has 150 valence electrons. The molecule has 2 atom stereocenters. The van der Waals surface area contributed by atoms with E-state index in [1.54, 1.807) is 0 Å². The number of hydrogen-bond donors (Lipinski definition) is 1. The molecule has 0 bridgehead atoms. The SMILES string of the molecule is C1=CC(c2ccccc2)C(Nc2ccc(-c3ccccc3)cc2)=CC1c1ccccc1. The molecule has 0 saturated carbocycles. The van der Waals surface area contributed by atoms with Crippen molar-refractivity contribution < 1.29 is 0 Å². The zero-order valence-corrected chi connectivity index (χ0v) is 17.4. The Morgan fingerprint density at radius 3 is 1.68 bits per heavy atom. The van der Waals surface area contributed by atoms with Crippen molar-refractivity contribution in [2.45, 2.75) is 11.8 Å². The molecule has 0 amide bonds. The lowest BCUT2D eigenvalue weighted by atomic mass is 9.85. The fourth-order valence-electron chi connectivity index (χ4n) is 4.18. The van der Waals surface area contributed by atoms with Crippen molar-refractivity contribution in [3.8, 4) is 11.1 Å². The number of nitrogens with one attached hydrogen (secondary N) is 1. The molecule has 0 spiro atoms. The van der Waals surface area contributed by atoms with Crippen LogP contribution in [0, 0.1) is 0 Å². The minimum atomic E-state index is 0.218. The van der Waals surface area contributed by atoms with Gasteiger partial charge in [-0.3, -0.25) is 0 Å². The quantitative estimate of drug-likeness (QED) is 0.338. The van der Waals surface area contributed by atoms with E-state index in [1.165, 1.54) is 28.0 Å².